The van der Waals surface area contributed by atoms with Gasteiger partial charge in [-0.1, -0.05) is 0 Å². The quantitative estimate of drug-likeness (QED) is 0.917. The van der Waals surface area contributed by atoms with Crippen LogP contribution in [0.1, 0.15) is 44.0 Å². The second-order valence-corrected chi connectivity index (χ2v) is 5.79. The molecule has 0 aliphatic carbocycles. The van der Waals surface area contributed by atoms with Crippen molar-refractivity contribution in [2.24, 2.45) is 0 Å². The van der Waals surface area contributed by atoms with Crippen LogP contribution in [-0.4, -0.2) is 40.6 Å². The molecule has 1 fully saturated rings. The Kier molecular flexibility index (Phi) is 4.28. The Bertz CT molecular complexity index is 536. The van der Waals surface area contributed by atoms with Gasteiger partial charge in [-0.15, -0.1) is 0 Å². The van der Waals surface area contributed by atoms with E-state index in [1.165, 1.54) is 12.3 Å². The number of aromatic nitrogens is 1. The van der Waals surface area contributed by atoms with E-state index in [0.717, 1.165) is 12.8 Å². The first-order valence-electron chi connectivity index (χ1n) is 7.06. The summed E-state index contributed by atoms with van der Waals surface area (Å²) in [5.74, 6) is -0.0821. The number of rotatable bonds is 3. The summed E-state index contributed by atoms with van der Waals surface area (Å²) in [6.07, 6.45) is 3.17. The molecule has 0 bridgehead atoms. The average molecular weight is 278 g/mol. The molecule has 2 rings (SSSR count). The molecule has 1 amide bonds. The molecule has 1 atom stereocenters. The standard InChI is InChI=1S/C15H22N2O3/c1-4-17(12-6-8-20-15(2,3)10-12)14(19)11-5-7-16-13(18)9-11/h5,7,9,12H,4,6,8,10H2,1-3H3,(H,16,18). The van der Waals surface area contributed by atoms with E-state index >= 15 is 0 Å². The number of pyridine rings is 1. The molecule has 1 saturated heterocycles. The molecule has 1 aliphatic rings. The lowest BCUT2D eigenvalue weighted by Gasteiger charge is -2.41. The lowest BCUT2D eigenvalue weighted by Crippen LogP contribution is -2.48. The van der Waals surface area contributed by atoms with E-state index in [1.54, 1.807) is 6.07 Å². The Labute approximate surface area is 118 Å². The van der Waals surface area contributed by atoms with Crippen LogP contribution in [0.4, 0.5) is 0 Å². The van der Waals surface area contributed by atoms with Gasteiger partial charge < -0.3 is 14.6 Å². The molecule has 1 unspecified atom stereocenters. The Morgan fingerprint density at radius 1 is 1.55 bits per heavy atom. The normalized spacial score (nSPS) is 21.4. The molecule has 5 nitrogen and oxygen atoms in total. The third kappa shape index (κ3) is 3.28. The van der Waals surface area contributed by atoms with E-state index in [9.17, 15) is 9.59 Å². The predicted molar refractivity (Wildman–Crippen MR) is 76.8 cm³/mol. The summed E-state index contributed by atoms with van der Waals surface area (Å²) < 4.78 is 5.70. The summed E-state index contributed by atoms with van der Waals surface area (Å²) in [4.78, 5) is 28.3. The fourth-order valence-corrected chi connectivity index (χ4v) is 2.78. The molecule has 20 heavy (non-hydrogen) atoms. The molecule has 0 radical (unpaired) electrons. The van der Waals surface area contributed by atoms with Crippen LogP contribution in [-0.2, 0) is 4.74 Å². The van der Waals surface area contributed by atoms with Crippen molar-refractivity contribution in [3.8, 4) is 0 Å². The average Bonchev–Trinajstić information content (AvgIpc) is 2.38. The third-order valence-electron chi connectivity index (χ3n) is 3.74. The lowest BCUT2D eigenvalue weighted by atomic mass is 9.92. The molecular weight excluding hydrogens is 256 g/mol. The number of hydrogen-bond acceptors (Lipinski definition) is 3. The van der Waals surface area contributed by atoms with E-state index in [1.807, 2.05) is 25.7 Å². The fourth-order valence-electron chi connectivity index (χ4n) is 2.78. The summed E-state index contributed by atoms with van der Waals surface area (Å²) in [6, 6.07) is 3.17. The van der Waals surface area contributed by atoms with Gasteiger partial charge in [0.25, 0.3) is 5.91 Å². The smallest absolute Gasteiger partial charge is 0.254 e. The predicted octanol–water partition coefficient (Wildman–Crippen LogP) is 1.79. The van der Waals surface area contributed by atoms with Crippen molar-refractivity contribution < 1.29 is 9.53 Å². The maximum absolute atomic E-state index is 12.6. The molecule has 1 N–H and O–H groups in total. The Hall–Kier alpha value is -1.62. The topological polar surface area (TPSA) is 62.4 Å². The number of ether oxygens (including phenoxy) is 1. The van der Waals surface area contributed by atoms with Crippen LogP contribution in [0, 0.1) is 0 Å². The number of aromatic amines is 1. The van der Waals surface area contributed by atoms with Gasteiger partial charge in [0.1, 0.15) is 0 Å². The van der Waals surface area contributed by atoms with Gasteiger partial charge in [0.05, 0.1) is 5.60 Å². The highest BCUT2D eigenvalue weighted by Gasteiger charge is 2.34. The Morgan fingerprint density at radius 2 is 2.30 bits per heavy atom. The van der Waals surface area contributed by atoms with E-state index < -0.39 is 0 Å². The molecule has 0 aromatic carbocycles. The van der Waals surface area contributed by atoms with Crippen LogP contribution < -0.4 is 5.56 Å². The largest absolute Gasteiger partial charge is 0.375 e. The third-order valence-corrected chi connectivity index (χ3v) is 3.74. The van der Waals surface area contributed by atoms with Crippen molar-refractivity contribution in [3.63, 3.8) is 0 Å². The van der Waals surface area contributed by atoms with Crippen molar-refractivity contribution >= 4 is 5.91 Å². The molecule has 0 spiro atoms. The number of nitrogens with zero attached hydrogens (tertiary/aromatic N) is 1. The van der Waals surface area contributed by atoms with Gasteiger partial charge in [-0.25, -0.2) is 0 Å². The molecule has 5 heteroatoms. The van der Waals surface area contributed by atoms with E-state index in [4.69, 9.17) is 4.74 Å². The monoisotopic (exact) mass is 278 g/mol. The van der Waals surface area contributed by atoms with Gasteiger partial charge in [-0.05, 0) is 39.7 Å². The van der Waals surface area contributed by atoms with Gasteiger partial charge in [0, 0.05) is 37.0 Å². The second kappa shape index (κ2) is 5.79. The maximum atomic E-state index is 12.6. The minimum Gasteiger partial charge on any atom is -0.375 e. The summed E-state index contributed by atoms with van der Waals surface area (Å²) in [5.41, 5.74) is -0.00998. The van der Waals surface area contributed by atoms with E-state index in [0.29, 0.717) is 18.7 Å². The van der Waals surface area contributed by atoms with Crippen LogP contribution >= 0.6 is 0 Å². The second-order valence-electron chi connectivity index (χ2n) is 5.79. The first kappa shape index (κ1) is 14.8. The zero-order chi connectivity index (χ0) is 14.8. The van der Waals surface area contributed by atoms with Crippen molar-refractivity contribution in [1.82, 2.24) is 9.88 Å². The summed E-state index contributed by atoms with van der Waals surface area (Å²) >= 11 is 0. The molecule has 1 aromatic rings. The molecule has 110 valence electrons. The van der Waals surface area contributed by atoms with Crippen LogP contribution in [0.5, 0.6) is 0 Å². The molecule has 1 aromatic heterocycles. The number of carbonyl (C=O) groups excluding carboxylic acids is 1. The summed E-state index contributed by atoms with van der Waals surface area (Å²) in [7, 11) is 0. The first-order valence-corrected chi connectivity index (χ1v) is 7.06. The maximum Gasteiger partial charge on any atom is 0.254 e. The van der Waals surface area contributed by atoms with Crippen molar-refractivity contribution in [2.45, 2.75) is 45.3 Å². The van der Waals surface area contributed by atoms with Crippen LogP contribution in [0.3, 0.4) is 0 Å². The van der Waals surface area contributed by atoms with Gasteiger partial charge in [-0.3, -0.25) is 9.59 Å². The summed E-state index contributed by atoms with van der Waals surface area (Å²) in [6.45, 7) is 7.35. The summed E-state index contributed by atoms with van der Waals surface area (Å²) in [5, 5.41) is 0. The highest BCUT2D eigenvalue weighted by molar-refractivity contribution is 5.94. The number of nitrogens with one attached hydrogen (secondary N) is 1. The van der Waals surface area contributed by atoms with Crippen LogP contribution in [0.25, 0.3) is 0 Å². The van der Waals surface area contributed by atoms with E-state index in [-0.39, 0.29) is 23.1 Å². The minimum absolute atomic E-state index is 0.0821. The SMILES string of the molecule is CCN(C(=O)c1cc[nH]c(=O)c1)C1CCOC(C)(C)C1. The lowest BCUT2D eigenvalue weighted by molar-refractivity contribution is -0.0777. The Balaban J connectivity index is 2.19. The number of H-pyrrole nitrogens is 1. The van der Waals surface area contributed by atoms with E-state index in [2.05, 4.69) is 4.98 Å². The molecule has 2 heterocycles. The van der Waals surface area contributed by atoms with Gasteiger partial charge in [-0.2, -0.15) is 0 Å². The van der Waals surface area contributed by atoms with Crippen LogP contribution in [0.15, 0.2) is 23.1 Å². The van der Waals surface area contributed by atoms with Crippen LogP contribution in [0.2, 0.25) is 0 Å². The van der Waals surface area contributed by atoms with Gasteiger partial charge in [0.2, 0.25) is 5.56 Å². The molecule has 0 saturated carbocycles. The van der Waals surface area contributed by atoms with Crippen molar-refractivity contribution in [1.29, 1.82) is 0 Å². The van der Waals surface area contributed by atoms with Gasteiger partial charge in [0.15, 0.2) is 0 Å². The number of hydrogen-bond donors (Lipinski definition) is 1. The first-order chi connectivity index (χ1) is 9.43. The van der Waals surface area contributed by atoms with Crippen molar-refractivity contribution in [3.05, 3.63) is 34.2 Å². The Morgan fingerprint density at radius 3 is 2.90 bits per heavy atom. The minimum atomic E-state index is -0.251. The number of amides is 1. The fraction of sp³-hybridized carbons (Fsp3) is 0.600. The molecule has 1 aliphatic heterocycles. The highest BCUT2D eigenvalue weighted by atomic mass is 16.5. The van der Waals surface area contributed by atoms with Gasteiger partial charge >= 0.3 is 0 Å². The van der Waals surface area contributed by atoms with Crippen molar-refractivity contribution in [2.75, 3.05) is 13.2 Å². The zero-order valence-electron chi connectivity index (χ0n) is 12.3. The highest BCUT2D eigenvalue weighted by Crippen LogP contribution is 2.28. The molecular formula is C15H22N2O3. The zero-order valence-corrected chi connectivity index (χ0v) is 12.3. The number of carbonyl (C=O) groups is 1.